The van der Waals surface area contributed by atoms with E-state index in [0.29, 0.717) is 12.1 Å². The summed E-state index contributed by atoms with van der Waals surface area (Å²) in [5.41, 5.74) is 4.78. The molecule has 0 aliphatic rings. The van der Waals surface area contributed by atoms with Crippen LogP contribution < -0.4 is 5.32 Å². The van der Waals surface area contributed by atoms with E-state index in [4.69, 9.17) is 0 Å². The number of hydrogen-bond donors (Lipinski definition) is 1. The molecule has 0 saturated heterocycles. The molecule has 0 aliphatic heterocycles. The molecule has 2 heterocycles. The van der Waals surface area contributed by atoms with Gasteiger partial charge in [-0.15, -0.1) is 0 Å². The van der Waals surface area contributed by atoms with Crippen molar-refractivity contribution in [1.29, 1.82) is 0 Å². The van der Waals surface area contributed by atoms with E-state index >= 15 is 0 Å². The van der Waals surface area contributed by atoms with Gasteiger partial charge in [0.1, 0.15) is 0 Å². The van der Waals surface area contributed by atoms with E-state index in [1.807, 2.05) is 50.1 Å². The second kappa shape index (κ2) is 7.93. The predicted molar refractivity (Wildman–Crippen MR) is 101 cm³/mol. The van der Waals surface area contributed by atoms with Gasteiger partial charge in [0, 0.05) is 38.1 Å². The van der Waals surface area contributed by atoms with Gasteiger partial charge in [-0.25, -0.2) is 0 Å². The first kappa shape index (κ1) is 17.8. The van der Waals surface area contributed by atoms with Crippen molar-refractivity contribution in [2.24, 2.45) is 7.05 Å². The molecule has 0 radical (unpaired) electrons. The maximum Gasteiger partial charge on any atom is 0.253 e. The number of carbonyl (C=O) groups is 1. The molecular formula is C20H23N5O. The number of aromatic nitrogens is 3. The Morgan fingerprint density at radius 2 is 1.96 bits per heavy atom. The molecule has 26 heavy (non-hydrogen) atoms. The Kier molecular flexibility index (Phi) is 5.43. The van der Waals surface area contributed by atoms with Crippen LogP contribution >= 0.6 is 0 Å². The minimum absolute atomic E-state index is 0.125. The summed E-state index contributed by atoms with van der Waals surface area (Å²) in [5, 5.41) is 7.50. The molecule has 1 amide bonds. The van der Waals surface area contributed by atoms with Crippen LogP contribution in [0.2, 0.25) is 0 Å². The van der Waals surface area contributed by atoms with Crippen LogP contribution in [0.1, 0.15) is 21.6 Å². The number of nitrogens with one attached hydrogen (secondary N) is 1. The minimum atomic E-state index is -0.125. The molecule has 0 spiro atoms. The fourth-order valence-electron chi connectivity index (χ4n) is 2.69. The molecule has 0 fully saturated rings. The molecule has 1 aromatic carbocycles. The number of hydrogen-bond acceptors (Lipinski definition) is 4. The van der Waals surface area contributed by atoms with Gasteiger partial charge in [-0.1, -0.05) is 24.3 Å². The van der Waals surface area contributed by atoms with Crippen LogP contribution in [0.3, 0.4) is 0 Å². The molecule has 1 N–H and O–H groups in total. The van der Waals surface area contributed by atoms with Crippen LogP contribution in [0.4, 0.5) is 0 Å². The molecule has 6 heteroatoms. The molecule has 3 rings (SSSR count). The van der Waals surface area contributed by atoms with E-state index < -0.39 is 0 Å². The van der Waals surface area contributed by atoms with E-state index in [1.54, 1.807) is 24.5 Å². The molecule has 0 unspecified atom stereocenters. The normalized spacial score (nSPS) is 10.9. The Morgan fingerprint density at radius 1 is 1.19 bits per heavy atom. The van der Waals surface area contributed by atoms with Crippen LogP contribution in [0.15, 0.2) is 54.9 Å². The molecule has 134 valence electrons. The molecule has 0 saturated carbocycles. The Hall–Kier alpha value is -2.99. The first-order chi connectivity index (χ1) is 12.5. The summed E-state index contributed by atoms with van der Waals surface area (Å²) >= 11 is 0. The second-order valence-corrected chi connectivity index (χ2v) is 6.50. The lowest BCUT2D eigenvalue weighted by Crippen LogP contribution is -2.22. The smallest absolute Gasteiger partial charge is 0.253 e. The molecule has 0 atom stereocenters. The first-order valence-corrected chi connectivity index (χ1v) is 8.48. The first-order valence-electron chi connectivity index (χ1n) is 8.48. The third kappa shape index (κ3) is 4.34. The van der Waals surface area contributed by atoms with Crippen molar-refractivity contribution in [3.05, 3.63) is 71.7 Å². The van der Waals surface area contributed by atoms with Gasteiger partial charge < -0.3 is 10.2 Å². The molecule has 6 nitrogen and oxygen atoms in total. The number of carbonyl (C=O) groups excluding carboxylic acids is 1. The maximum atomic E-state index is 12.1. The monoisotopic (exact) mass is 349 g/mol. The lowest BCUT2D eigenvalue weighted by Gasteiger charge is -2.08. The van der Waals surface area contributed by atoms with Crippen molar-refractivity contribution >= 4 is 5.91 Å². The molecule has 0 aliphatic carbocycles. The summed E-state index contributed by atoms with van der Waals surface area (Å²) in [5.74, 6) is -0.125. The summed E-state index contributed by atoms with van der Waals surface area (Å²) in [6.07, 6.45) is 3.21. The predicted octanol–water partition coefficient (Wildman–Crippen LogP) is 2.47. The fourth-order valence-corrected chi connectivity index (χ4v) is 2.69. The zero-order valence-electron chi connectivity index (χ0n) is 15.3. The molecule has 3 aromatic rings. The highest BCUT2D eigenvalue weighted by Crippen LogP contribution is 2.20. The standard InChI is InChI=1S/C20H23N5O/c1-24(2)14-18-11-19(23-25(18)3)16-8-6-15(7-9-16)12-22-20(26)17-5-4-10-21-13-17/h4-11,13H,12,14H2,1-3H3,(H,22,26). The molecular weight excluding hydrogens is 326 g/mol. The number of aryl methyl sites for hydroxylation is 1. The van der Waals surface area contributed by atoms with Gasteiger partial charge in [-0.05, 0) is 37.9 Å². The highest BCUT2D eigenvalue weighted by molar-refractivity contribution is 5.93. The van der Waals surface area contributed by atoms with Crippen molar-refractivity contribution in [1.82, 2.24) is 25.0 Å². The van der Waals surface area contributed by atoms with E-state index in [0.717, 1.165) is 29.1 Å². The van der Waals surface area contributed by atoms with Crippen molar-refractivity contribution in [3.8, 4) is 11.3 Å². The van der Waals surface area contributed by atoms with Gasteiger partial charge in [0.15, 0.2) is 0 Å². The fraction of sp³-hybridized carbons (Fsp3) is 0.250. The third-order valence-electron chi connectivity index (χ3n) is 4.08. The van der Waals surface area contributed by atoms with Crippen molar-refractivity contribution in [2.75, 3.05) is 14.1 Å². The number of amides is 1. The maximum absolute atomic E-state index is 12.1. The summed E-state index contributed by atoms with van der Waals surface area (Å²) in [7, 11) is 6.05. The van der Waals surface area contributed by atoms with Crippen LogP contribution in [0.25, 0.3) is 11.3 Å². The van der Waals surface area contributed by atoms with Crippen molar-refractivity contribution in [2.45, 2.75) is 13.1 Å². The van der Waals surface area contributed by atoms with Gasteiger partial charge in [-0.2, -0.15) is 5.10 Å². The van der Waals surface area contributed by atoms with Gasteiger partial charge >= 0.3 is 0 Å². The van der Waals surface area contributed by atoms with E-state index in [9.17, 15) is 4.79 Å². The highest BCUT2D eigenvalue weighted by Gasteiger charge is 2.09. The van der Waals surface area contributed by atoms with Crippen LogP contribution in [-0.4, -0.2) is 39.7 Å². The zero-order valence-corrected chi connectivity index (χ0v) is 15.3. The van der Waals surface area contributed by atoms with Gasteiger partial charge in [0.05, 0.1) is 17.0 Å². The Labute approximate surface area is 153 Å². The van der Waals surface area contributed by atoms with E-state index in [2.05, 4.69) is 26.4 Å². The minimum Gasteiger partial charge on any atom is -0.348 e. The zero-order chi connectivity index (χ0) is 18.5. The lowest BCUT2D eigenvalue weighted by atomic mass is 10.1. The third-order valence-corrected chi connectivity index (χ3v) is 4.08. The van der Waals surface area contributed by atoms with Crippen LogP contribution in [-0.2, 0) is 20.1 Å². The largest absolute Gasteiger partial charge is 0.348 e. The molecule has 0 bridgehead atoms. The Balaban J connectivity index is 1.64. The van der Waals surface area contributed by atoms with Crippen molar-refractivity contribution in [3.63, 3.8) is 0 Å². The van der Waals surface area contributed by atoms with E-state index in [-0.39, 0.29) is 5.91 Å². The average Bonchev–Trinajstić information content (AvgIpc) is 3.00. The summed E-state index contributed by atoms with van der Waals surface area (Å²) < 4.78 is 1.91. The number of pyridine rings is 1. The Morgan fingerprint density at radius 3 is 2.62 bits per heavy atom. The van der Waals surface area contributed by atoms with Crippen LogP contribution in [0, 0.1) is 0 Å². The van der Waals surface area contributed by atoms with Crippen molar-refractivity contribution < 1.29 is 4.79 Å². The quantitative estimate of drug-likeness (QED) is 0.743. The van der Waals surface area contributed by atoms with Crippen LogP contribution in [0.5, 0.6) is 0 Å². The topological polar surface area (TPSA) is 63.1 Å². The van der Waals surface area contributed by atoms with Gasteiger partial charge in [0.2, 0.25) is 0 Å². The number of rotatable bonds is 6. The number of nitrogens with zero attached hydrogens (tertiary/aromatic N) is 4. The second-order valence-electron chi connectivity index (χ2n) is 6.50. The number of benzene rings is 1. The SMILES string of the molecule is CN(C)Cc1cc(-c2ccc(CNC(=O)c3cccnc3)cc2)nn1C. The average molecular weight is 349 g/mol. The molecule has 2 aromatic heterocycles. The summed E-state index contributed by atoms with van der Waals surface area (Å²) in [6.45, 7) is 1.32. The summed E-state index contributed by atoms with van der Waals surface area (Å²) in [4.78, 5) is 18.1. The van der Waals surface area contributed by atoms with Gasteiger partial charge in [-0.3, -0.25) is 14.5 Å². The lowest BCUT2D eigenvalue weighted by molar-refractivity contribution is 0.0950. The highest BCUT2D eigenvalue weighted by atomic mass is 16.1. The Bertz CT molecular complexity index is 869. The van der Waals surface area contributed by atoms with E-state index in [1.165, 1.54) is 0 Å². The summed E-state index contributed by atoms with van der Waals surface area (Å²) in [6, 6.07) is 13.7. The van der Waals surface area contributed by atoms with Gasteiger partial charge in [0.25, 0.3) is 5.91 Å².